The first-order valence-corrected chi connectivity index (χ1v) is 7.42. The van der Waals surface area contributed by atoms with Crippen molar-refractivity contribution in [2.24, 2.45) is 5.73 Å². The van der Waals surface area contributed by atoms with E-state index >= 15 is 0 Å². The van der Waals surface area contributed by atoms with Crippen LogP contribution in [0, 0.1) is 0 Å². The average molecular weight is 269 g/mol. The molecule has 104 valence electrons. The molecule has 1 fully saturated rings. The number of fused-ring (bicyclic) bond motifs is 1. The molecule has 1 saturated carbocycles. The maximum atomic E-state index is 5.82. The second-order valence-electron chi connectivity index (χ2n) is 6.15. The Kier molecular flexibility index (Phi) is 2.67. The van der Waals surface area contributed by atoms with E-state index in [0.717, 1.165) is 43.8 Å². The Morgan fingerprint density at radius 1 is 1.25 bits per heavy atom. The van der Waals surface area contributed by atoms with Gasteiger partial charge >= 0.3 is 0 Å². The monoisotopic (exact) mass is 269 g/mol. The van der Waals surface area contributed by atoms with E-state index in [9.17, 15) is 0 Å². The van der Waals surface area contributed by atoms with Crippen LogP contribution in [0.3, 0.4) is 0 Å². The highest BCUT2D eigenvalue weighted by molar-refractivity contribution is 5.31. The molecule has 0 aliphatic heterocycles. The predicted molar refractivity (Wildman–Crippen MR) is 75.5 cm³/mol. The van der Waals surface area contributed by atoms with Crippen LogP contribution in [-0.2, 0) is 18.3 Å². The van der Waals surface area contributed by atoms with E-state index in [1.807, 2.05) is 0 Å². The van der Waals surface area contributed by atoms with Crippen LogP contribution in [0.4, 0.5) is 0 Å². The second-order valence-corrected chi connectivity index (χ2v) is 6.15. The number of benzene rings is 1. The molecule has 1 atom stereocenters. The van der Waals surface area contributed by atoms with E-state index in [0.29, 0.717) is 12.5 Å². The maximum Gasteiger partial charge on any atom is 0.234 e. The van der Waals surface area contributed by atoms with Crippen LogP contribution in [0.15, 0.2) is 28.8 Å². The van der Waals surface area contributed by atoms with Crippen LogP contribution in [0.2, 0.25) is 0 Å². The Balaban J connectivity index is 1.58. The summed E-state index contributed by atoms with van der Waals surface area (Å²) in [5, 5.41) is 4.23. The fourth-order valence-corrected chi connectivity index (χ4v) is 3.19. The molecule has 0 spiro atoms. The quantitative estimate of drug-likeness (QED) is 0.928. The minimum absolute atomic E-state index is 0.00216. The fourth-order valence-electron chi connectivity index (χ4n) is 3.19. The van der Waals surface area contributed by atoms with Gasteiger partial charge in [-0.25, -0.2) is 0 Å². The van der Waals surface area contributed by atoms with E-state index in [2.05, 4.69) is 34.4 Å². The van der Waals surface area contributed by atoms with Crippen LogP contribution in [0.25, 0.3) is 0 Å². The Morgan fingerprint density at radius 2 is 2.05 bits per heavy atom. The van der Waals surface area contributed by atoms with Crippen molar-refractivity contribution in [1.29, 1.82) is 0 Å². The molecule has 4 rings (SSSR count). The molecule has 1 heterocycles. The highest BCUT2D eigenvalue weighted by Crippen LogP contribution is 2.46. The van der Waals surface area contributed by atoms with Crippen LogP contribution < -0.4 is 5.73 Å². The molecule has 20 heavy (non-hydrogen) atoms. The first kappa shape index (κ1) is 12.1. The Labute approximate surface area is 118 Å². The lowest BCUT2D eigenvalue weighted by molar-refractivity contribution is 0.340. The zero-order valence-corrected chi connectivity index (χ0v) is 11.5. The van der Waals surface area contributed by atoms with Gasteiger partial charge in [-0.2, -0.15) is 4.98 Å². The molecule has 1 unspecified atom stereocenters. The van der Waals surface area contributed by atoms with Gasteiger partial charge in [0.15, 0.2) is 5.82 Å². The van der Waals surface area contributed by atoms with Gasteiger partial charge in [0.2, 0.25) is 5.89 Å². The molecule has 1 aromatic carbocycles. The first-order valence-electron chi connectivity index (χ1n) is 7.42. The third-order valence-electron chi connectivity index (χ3n) is 4.85. The van der Waals surface area contributed by atoms with Crippen LogP contribution >= 0.6 is 0 Å². The summed E-state index contributed by atoms with van der Waals surface area (Å²) >= 11 is 0. The number of hydrogen-bond donors (Lipinski definition) is 1. The normalized spacial score (nSPS) is 23.4. The van der Waals surface area contributed by atoms with Crippen molar-refractivity contribution in [3.63, 3.8) is 0 Å². The minimum atomic E-state index is -0.00216. The van der Waals surface area contributed by atoms with Gasteiger partial charge in [0.25, 0.3) is 0 Å². The van der Waals surface area contributed by atoms with Gasteiger partial charge in [-0.05, 0) is 43.2 Å². The zero-order chi connectivity index (χ0) is 13.6. The molecule has 0 saturated heterocycles. The van der Waals surface area contributed by atoms with Crippen molar-refractivity contribution in [2.45, 2.75) is 43.4 Å². The van der Waals surface area contributed by atoms with Gasteiger partial charge in [-0.1, -0.05) is 29.4 Å². The van der Waals surface area contributed by atoms with E-state index < -0.39 is 0 Å². The second kappa shape index (κ2) is 4.42. The largest absolute Gasteiger partial charge is 0.339 e. The number of aromatic nitrogens is 2. The third-order valence-corrected chi connectivity index (χ3v) is 4.85. The smallest absolute Gasteiger partial charge is 0.234 e. The molecular formula is C16H19N3O. The standard InChI is InChI=1S/C16H19N3O/c17-10-16(7-8-16)15-18-14(19-20-15)13-6-5-11-3-1-2-4-12(11)9-13/h1-4,13H,5-10,17H2. The Morgan fingerprint density at radius 3 is 2.80 bits per heavy atom. The van der Waals surface area contributed by atoms with E-state index in [-0.39, 0.29) is 5.41 Å². The lowest BCUT2D eigenvalue weighted by Crippen LogP contribution is -2.20. The van der Waals surface area contributed by atoms with Gasteiger partial charge in [-0.3, -0.25) is 0 Å². The fraction of sp³-hybridized carbons (Fsp3) is 0.500. The van der Waals surface area contributed by atoms with E-state index in [1.165, 1.54) is 11.1 Å². The lowest BCUT2D eigenvalue weighted by atomic mass is 9.83. The lowest BCUT2D eigenvalue weighted by Gasteiger charge is -2.21. The zero-order valence-electron chi connectivity index (χ0n) is 11.5. The van der Waals surface area contributed by atoms with Crippen molar-refractivity contribution in [3.05, 3.63) is 47.1 Å². The van der Waals surface area contributed by atoms with Gasteiger partial charge in [0.05, 0.1) is 5.41 Å². The van der Waals surface area contributed by atoms with Crippen LogP contribution in [0.5, 0.6) is 0 Å². The van der Waals surface area contributed by atoms with Crippen molar-refractivity contribution >= 4 is 0 Å². The molecular weight excluding hydrogens is 250 g/mol. The molecule has 4 heteroatoms. The predicted octanol–water partition coefficient (Wildman–Crippen LogP) is 2.33. The molecule has 2 N–H and O–H groups in total. The topological polar surface area (TPSA) is 64.9 Å². The first-order chi connectivity index (χ1) is 9.81. The molecule has 2 aromatic rings. The molecule has 0 radical (unpaired) electrons. The van der Waals surface area contributed by atoms with Crippen LogP contribution in [-0.4, -0.2) is 16.7 Å². The van der Waals surface area contributed by atoms with Gasteiger partial charge in [0.1, 0.15) is 0 Å². The van der Waals surface area contributed by atoms with E-state index in [4.69, 9.17) is 10.3 Å². The van der Waals surface area contributed by atoms with Gasteiger partial charge in [-0.15, -0.1) is 0 Å². The molecule has 0 amide bonds. The highest BCUT2D eigenvalue weighted by atomic mass is 16.5. The summed E-state index contributed by atoms with van der Waals surface area (Å²) in [5.41, 5.74) is 8.71. The maximum absolute atomic E-state index is 5.82. The van der Waals surface area contributed by atoms with Crippen LogP contribution in [0.1, 0.15) is 48.0 Å². The van der Waals surface area contributed by atoms with Crippen molar-refractivity contribution in [1.82, 2.24) is 10.1 Å². The summed E-state index contributed by atoms with van der Waals surface area (Å²) in [5.74, 6) is 2.01. The molecule has 2 aliphatic carbocycles. The van der Waals surface area contributed by atoms with Gasteiger partial charge in [0, 0.05) is 12.5 Å². The SMILES string of the molecule is NCC1(c2nc(C3CCc4ccccc4C3)no2)CC1. The number of aryl methyl sites for hydroxylation is 1. The number of nitrogens with two attached hydrogens (primary N) is 1. The molecule has 4 nitrogen and oxygen atoms in total. The average Bonchev–Trinajstić information content (AvgIpc) is 3.15. The Hall–Kier alpha value is -1.68. The summed E-state index contributed by atoms with van der Waals surface area (Å²) in [7, 11) is 0. The molecule has 0 bridgehead atoms. The third kappa shape index (κ3) is 1.86. The molecule has 2 aliphatic rings. The highest BCUT2D eigenvalue weighted by Gasteiger charge is 2.48. The summed E-state index contributed by atoms with van der Waals surface area (Å²) in [4.78, 5) is 4.65. The van der Waals surface area contributed by atoms with Crippen molar-refractivity contribution in [3.8, 4) is 0 Å². The molecule has 1 aromatic heterocycles. The van der Waals surface area contributed by atoms with Crippen molar-refractivity contribution < 1.29 is 4.52 Å². The number of nitrogens with zero attached hydrogens (tertiary/aromatic N) is 2. The van der Waals surface area contributed by atoms with Gasteiger partial charge < -0.3 is 10.3 Å². The van der Waals surface area contributed by atoms with E-state index in [1.54, 1.807) is 0 Å². The minimum Gasteiger partial charge on any atom is -0.339 e. The summed E-state index contributed by atoms with van der Waals surface area (Å²) < 4.78 is 5.48. The number of rotatable bonds is 3. The Bertz CT molecular complexity index is 630. The number of hydrogen-bond acceptors (Lipinski definition) is 4. The summed E-state index contributed by atoms with van der Waals surface area (Å²) in [6.07, 6.45) is 5.39. The summed E-state index contributed by atoms with van der Waals surface area (Å²) in [6.45, 7) is 0.613. The van der Waals surface area contributed by atoms with Crippen molar-refractivity contribution in [2.75, 3.05) is 6.54 Å². The summed E-state index contributed by atoms with van der Waals surface area (Å²) in [6, 6.07) is 8.66.